The van der Waals surface area contributed by atoms with Crippen molar-refractivity contribution in [3.05, 3.63) is 64.2 Å². The number of aromatic nitrogens is 1. The molecule has 1 aromatic carbocycles. The number of hydrogen-bond donors (Lipinski definition) is 1. The molecule has 27 heavy (non-hydrogen) atoms. The molecule has 0 radical (unpaired) electrons. The van der Waals surface area contributed by atoms with E-state index in [4.69, 9.17) is 4.74 Å². The maximum atomic E-state index is 13.1. The molecule has 2 heterocycles. The molecule has 5 nitrogen and oxygen atoms in total. The van der Waals surface area contributed by atoms with E-state index < -0.39 is 6.10 Å². The highest BCUT2D eigenvalue weighted by molar-refractivity contribution is 5.99. The van der Waals surface area contributed by atoms with E-state index in [1.807, 2.05) is 13.0 Å². The van der Waals surface area contributed by atoms with E-state index in [2.05, 4.69) is 9.98 Å². The number of pyridine rings is 1. The standard InChI is InChI=1S/C21H23FN2O3/c1-12(14-4-6-16(22)7-5-14)8-18(26)10-17-9-15-11-23-21(27-3)19(15)20(24-17)13(2)25/h4-7,9,12-13,25H,8,10-11H2,1-3H3/t12-,13+/m0/s1. The average Bonchev–Trinajstić information content (AvgIpc) is 3.04. The number of fused-ring (bicyclic) bond motifs is 1. The Labute approximate surface area is 157 Å². The first-order valence-electron chi connectivity index (χ1n) is 8.95. The molecule has 0 saturated heterocycles. The number of ketones is 1. The van der Waals surface area contributed by atoms with Crippen molar-refractivity contribution >= 4 is 11.7 Å². The zero-order valence-corrected chi connectivity index (χ0v) is 15.7. The molecule has 0 aliphatic carbocycles. The topological polar surface area (TPSA) is 71.8 Å². The summed E-state index contributed by atoms with van der Waals surface area (Å²) in [5.74, 6) is 0.216. The van der Waals surface area contributed by atoms with Gasteiger partial charge in [0.1, 0.15) is 11.6 Å². The van der Waals surface area contributed by atoms with Crippen LogP contribution in [0.2, 0.25) is 0 Å². The highest BCUT2D eigenvalue weighted by Gasteiger charge is 2.25. The van der Waals surface area contributed by atoms with Crippen LogP contribution in [0.15, 0.2) is 35.3 Å². The summed E-state index contributed by atoms with van der Waals surface area (Å²) < 4.78 is 18.3. The Bertz CT molecular complexity index is 876. The lowest BCUT2D eigenvalue weighted by Crippen LogP contribution is -2.14. The van der Waals surface area contributed by atoms with Crippen molar-refractivity contribution < 1.29 is 19.0 Å². The van der Waals surface area contributed by atoms with Crippen LogP contribution in [0.1, 0.15) is 60.4 Å². The fourth-order valence-electron chi connectivity index (χ4n) is 3.37. The average molecular weight is 370 g/mol. The fraction of sp³-hybridized carbons (Fsp3) is 0.381. The Kier molecular flexibility index (Phi) is 5.65. The van der Waals surface area contributed by atoms with Crippen LogP contribution in [-0.4, -0.2) is 28.9 Å². The first-order valence-corrected chi connectivity index (χ1v) is 8.95. The summed E-state index contributed by atoms with van der Waals surface area (Å²) in [6, 6.07) is 8.07. The van der Waals surface area contributed by atoms with E-state index in [0.29, 0.717) is 30.3 Å². The molecule has 1 aliphatic heterocycles. The molecule has 142 valence electrons. The molecule has 0 unspecified atom stereocenters. The first-order chi connectivity index (χ1) is 12.9. The number of rotatable bonds is 6. The van der Waals surface area contributed by atoms with Gasteiger partial charge >= 0.3 is 0 Å². The normalized spacial score (nSPS) is 15.1. The van der Waals surface area contributed by atoms with Crippen molar-refractivity contribution in [1.29, 1.82) is 0 Å². The molecule has 2 aromatic rings. The lowest BCUT2D eigenvalue weighted by Gasteiger charge is -2.14. The van der Waals surface area contributed by atoms with Crippen molar-refractivity contribution in [3.8, 4) is 0 Å². The molecule has 3 rings (SSSR count). The van der Waals surface area contributed by atoms with Gasteiger partial charge in [-0.3, -0.25) is 9.78 Å². The van der Waals surface area contributed by atoms with Crippen LogP contribution in [0, 0.1) is 5.82 Å². The van der Waals surface area contributed by atoms with Crippen LogP contribution < -0.4 is 0 Å². The lowest BCUT2D eigenvalue weighted by molar-refractivity contribution is -0.118. The zero-order chi connectivity index (χ0) is 19.6. The third-order valence-electron chi connectivity index (χ3n) is 4.73. The Hall–Kier alpha value is -2.60. The van der Waals surface area contributed by atoms with Gasteiger partial charge in [-0.2, -0.15) is 0 Å². The molecule has 0 saturated carbocycles. The van der Waals surface area contributed by atoms with Crippen LogP contribution in [0.5, 0.6) is 0 Å². The molecule has 6 heteroatoms. The maximum absolute atomic E-state index is 13.1. The number of Topliss-reactive ketones (excluding diaryl/α,β-unsaturated/α-hetero) is 1. The summed E-state index contributed by atoms with van der Waals surface area (Å²) in [6.07, 6.45) is -0.264. The number of ether oxygens (including phenoxy) is 1. The Morgan fingerprint density at radius 2 is 2.00 bits per heavy atom. The Morgan fingerprint density at radius 3 is 2.63 bits per heavy atom. The number of benzene rings is 1. The molecule has 0 spiro atoms. The number of hydrogen-bond acceptors (Lipinski definition) is 5. The van der Waals surface area contributed by atoms with Crippen LogP contribution in [0.4, 0.5) is 4.39 Å². The number of aliphatic hydroxyl groups excluding tert-OH is 1. The van der Waals surface area contributed by atoms with Gasteiger partial charge in [0, 0.05) is 18.5 Å². The number of carbonyl (C=O) groups is 1. The van der Waals surface area contributed by atoms with Gasteiger partial charge in [-0.25, -0.2) is 9.38 Å². The summed E-state index contributed by atoms with van der Waals surface area (Å²) >= 11 is 0. The van der Waals surface area contributed by atoms with Gasteiger partial charge in [-0.15, -0.1) is 0 Å². The van der Waals surface area contributed by atoms with E-state index in [0.717, 1.165) is 16.7 Å². The molecular formula is C21H23FN2O3. The van der Waals surface area contributed by atoms with Gasteiger partial charge in [0.05, 0.1) is 31.0 Å². The van der Waals surface area contributed by atoms with Crippen LogP contribution in [0.3, 0.4) is 0 Å². The monoisotopic (exact) mass is 370 g/mol. The number of methoxy groups -OCH3 is 1. The summed E-state index contributed by atoms with van der Waals surface area (Å²) in [6.45, 7) is 4.03. The second-order valence-corrected chi connectivity index (χ2v) is 6.91. The number of aliphatic imine (C=N–C) groups is 1. The van der Waals surface area contributed by atoms with E-state index in [-0.39, 0.29) is 23.9 Å². The molecule has 1 N–H and O–H groups in total. The molecule has 1 aromatic heterocycles. The van der Waals surface area contributed by atoms with Crippen molar-refractivity contribution in [2.24, 2.45) is 4.99 Å². The smallest absolute Gasteiger partial charge is 0.218 e. The third-order valence-corrected chi connectivity index (χ3v) is 4.73. The maximum Gasteiger partial charge on any atom is 0.218 e. The van der Waals surface area contributed by atoms with Gasteiger partial charge in [0.15, 0.2) is 0 Å². The van der Waals surface area contributed by atoms with Crippen LogP contribution in [-0.2, 0) is 22.5 Å². The molecule has 0 bridgehead atoms. The predicted molar refractivity (Wildman–Crippen MR) is 100 cm³/mol. The third kappa shape index (κ3) is 4.22. The minimum Gasteiger partial charge on any atom is -0.481 e. The van der Waals surface area contributed by atoms with Crippen molar-refractivity contribution in [2.75, 3.05) is 7.11 Å². The summed E-state index contributed by atoms with van der Waals surface area (Å²) in [5, 5.41) is 10.1. The van der Waals surface area contributed by atoms with E-state index in [1.165, 1.54) is 19.2 Å². The summed E-state index contributed by atoms with van der Waals surface area (Å²) in [7, 11) is 1.54. The van der Waals surface area contributed by atoms with Gasteiger partial charge in [-0.1, -0.05) is 19.1 Å². The van der Waals surface area contributed by atoms with Crippen molar-refractivity contribution in [1.82, 2.24) is 4.98 Å². The SMILES string of the molecule is COC1=NCc2cc(CC(=O)C[C@H](C)c3ccc(F)cc3)nc([C@@H](C)O)c21. The van der Waals surface area contributed by atoms with Gasteiger partial charge < -0.3 is 9.84 Å². The molecule has 1 aliphatic rings. The number of carbonyl (C=O) groups excluding carboxylic acids is 1. The zero-order valence-electron chi connectivity index (χ0n) is 15.7. The molecule has 2 atom stereocenters. The molecule has 0 fully saturated rings. The number of halogens is 1. The van der Waals surface area contributed by atoms with Gasteiger partial charge in [0.2, 0.25) is 5.90 Å². The second-order valence-electron chi connectivity index (χ2n) is 6.91. The Morgan fingerprint density at radius 1 is 1.30 bits per heavy atom. The Balaban J connectivity index is 1.75. The largest absolute Gasteiger partial charge is 0.481 e. The first kappa shape index (κ1) is 19.2. The van der Waals surface area contributed by atoms with Crippen LogP contribution >= 0.6 is 0 Å². The van der Waals surface area contributed by atoms with E-state index >= 15 is 0 Å². The van der Waals surface area contributed by atoms with Crippen molar-refractivity contribution in [3.63, 3.8) is 0 Å². The molecular weight excluding hydrogens is 347 g/mol. The van der Waals surface area contributed by atoms with Gasteiger partial charge in [-0.05, 0) is 42.2 Å². The highest BCUT2D eigenvalue weighted by Crippen LogP contribution is 2.28. The van der Waals surface area contributed by atoms with Crippen molar-refractivity contribution in [2.45, 2.75) is 45.3 Å². The minimum atomic E-state index is -0.787. The second kappa shape index (κ2) is 7.96. The lowest BCUT2D eigenvalue weighted by atomic mass is 9.93. The summed E-state index contributed by atoms with van der Waals surface area (Å²) in [5.41, 5.74) is 3.67. The van der Waals surface area contributed by atoms with E-state index in [1.54, 1.807) is 19.1 Å². The quantitative estimate of drug-likeness (QED) is 0.845. The number of aliphatic hydroxyl groups is 1. The van der Waals surface area contributed by atoms with Crippen LogP contribution in [0.25, 0.3) is 0 Å². The number of nitrogens with zero attached hydrogens (tertiary/aromatic N) is 2. The predicted octanol–water partition coefficient (Wildman–Crippen LogP) is 3.49. The fourth-order valence-corrected chi connectivity index (χ4v) is 3.37. The summed E-state index contributed by atoms with van der Waals surface area (Å²) in [4.78, 5) is 21.3. The minimum absolute atomic E-state index is 0.00723. The highest BCUT2D eigenvalue weighted by atomic mass is 19.1. The molecule has 0 amide bonds. The van der Waals surface area contributed by atoms with Gasteiger partial charge in [0.25, 0.3) is 0 Å². The van der Waals surface area contributed by atoms with E-state index in [9.17, 15) is 14.3 Å².